The number of benzene rings is 1. The Morgan fingerprint density at radius 3 is 2.56 bits per heavy atom. The molecular formula is C27H35N7O4S. The molecule has 0 spiro atoms. The standard InChI is InChI=1S/C23H24N6O4S.C4H11N/c1-4-11-32-22(31)19-13(2)26-23(34-19)28-18(30)8-10-25-21-17-12-16(20-27-14(3)33-29-20)6-5-15(17)7-9-24-21;1-3-4-5-2/h5-7,9,12H,4,8,10-11H2,1-3H3,(H,24,25)(H,26,28,30);5H,3-4H2,1-2H3. The molecule has 3 N–H and O–H groups in total. The minimum Gasteiger partial charge on any atom is -0.461 e. The number of anilines is 2. The van der Waals surface area contributed by atoms with Crippen molar-refractivity contribution in [3.05, 3.63) is 46.9 Å². The van der Waals surface area contributed by atoms with Crippen molar-refractivity contribution in [2.75, 3.05) is 37.4 Å². The van der Waals surface area contributed by atoms with Gasteiger partial charge in [-0.2, -0.15) is 4.98 Å². The molecule has 0 aliphatic carbocycles. The van der Waals surface area contributed by atoms with Crippen molar-refractivity contribution in [1.29, 1.82) is 0 Å². The number of hydrogen-bond donors (Lipinski definition) is 3. The number of ether oxygens (including phenoxy) is 1. The summed E-state index contributed by atoms with van der Waals surface area (Å²) < 4.78 is 10.2. The normalized spacial score (nSPS) is 10.6. The second-order valence-electron chi connectivity index (χ2n) is 8.63. The van der Waals surface area contributed by atoms with Crippen LogP contribution in [0.5, 0.6) is 0 Å². The van der Waals surface area contributed by atoms with Gasteiger partial charge < -0.3 is 25.2 Å². The van der Waals surface area contributed by atoms with Crippen molar-refractivity contribution in [2.24, 2.45) is 0 Å². The van der Waals surface area contributed by atoms with Crippen molar-refractivity contribution in [2.45, 2.75) is 47.0 Å². The summed E-state index contributed by atoms with van der Waals surface area (Å²) in [6, 6.07) is 7.73. The summed E-state index contributed by atoms with van der Waals surface area (Å²) in [7, 11) is 1.96. The van der Waals surface area contributed by atoms with Crippen molar-refractivity contribution < 1.29 is 18.8 Å². The second-order valence-corrected chi connectivity index (χ2v) is 9.63. The number of fused-ring (bicyclic) bond motifs is 1. The van der Waals surface area contributed by atoms with E-state index in [9.17, 15) is 9.59 Å². The number of thiazole rings is 1. The van der Waals surface area contributed by atoms with Crippen LogP contribution in [-0.2, 0) is 9.53 Å². The lowest BCUT2D eigenvalue weighted by atomic mass is 10.1. The lowest BCUT2D eigenvalue weighted by Crippen LogP contribution is -2.16. The predicted molar refractivity (Wildman–Crippen MR) is 153 cm³/mol. The third-order valence-corrected chi connectivity index (χ3v) is 6.41. The van der Waals surface area contributed by atoms with Gasteiger partial charge in [-0.05, 0) is 50.9 Å². The molecule has 39 heavy (non-hydrogen) atoms. The smallest absolute Gasteiger partial charge is 0.350 e. The average molecular weight is 554 g/mol. The quantitative estimate of drug-likeness (QED) is 0.217. The number of carbonyl (C=O) groups is 2. The number of pyridine rings is 1. The molecule has 0 atom stereocenters. The monoisotopic (exact) mass is 553 g/mol. The third-order valence-electron chi connectivity index (χ3n) is 5.36. The largest absolute Gasteiger partial charge is 0.461 e. The fourth-order valence-electron chi connectivity index (χ4n) is 3.49. The first-order valence-electron chi connectivity index (χ1n) is 12.9. The zero-order chi connectivity index (χ0) is 28.2. The summed E-state index contributed by atoms with van der Waals surface area (Å²) >= 11 is 1.11. The van der Waals surface area contributed by atoms with Crippen LogP contribution in [0, 0.1) is 13.8 Å². The van der Waals surface area contributed by atoms with E-state index < -0.39 is 5.97 Å². The molecule has 0 saturated carbocycles. The van der Waals surface area contributed by atoms with Crippen LogP contribution in [0.15, 0.2) is 35.0 Å². The van der Waals surface area contributed by atoms with Gasteiger partial charge in [0.05, 0.1) is 12.3 Å². The highest BCUT2D eigenvalue weighted by atomic mass is 32.1. The maximum atomic E-state index is 12.4. The Bertz CT molecular complexity index is 1380. The maximum absolute atomic E-state index is 12.4. The van der Waals surface area contributed by atoms with Crippen LogP contribution < -0.4 is 16.0 Å². The highest BCUT2D eigenvalue weighted by Gasteiger charge is 2.18. The molecule has 0 fully saturated rings. The minimum atomic E-state index is -0.420. The molecule has 1 amide bonds. The summed E-state index contributed by atoms with van der Waals surface area (Å²) in [5.41, 5.74) is 1.35. The van der Waals surface area contributed by atoms with Crippen LogP contribution >= 0.6 is 11.3 Å². The first kappa shape index (κ1) is 29.7. The molecule has 0 bridgehead atoms. The third kappa shape index (κ3) is 8.55. The van der Waals surface area contributed by atoms with Gasteiger partial charge in [0.1, 0.15) is 10.7 Å². The van der Waals surface area contributed by atoms with Crippen molar-refractivity contribution in [3.63, 3.8) is 0 Å². The van der Waals surface area contributed by atoms with E-state index >= 15 is 0 Å². The Hall–Kier alpha value is -3.90. The van der Waals surface area contributed by atoms with Gasteiger partial charge in [-0.15, -0.1) is 0 Å². The summed E-state index contributed by atoms with van der Waals surface area (Å²) in [6.45, 7) is 9.38. The maximum Gasteiger partial charge on any atom is 0.350 e. The average Bonchev–Trinajstić information content (AvgIpc) is 3.53. The van der Waals surface area contributed by atoms with E-state index in [4.69, 9.17) is 9.26 Å². The van der Waals surface area contributed by atoms with Crippen LogP contribution in [0.2, 0.25) is 0 Å². The number of rotatable bonds is 11. The predicted octanol–water partition coefficient (Wildman–Crippen LogP) is 4.98. The van der Waals surface area contributed by atoms with Crippen LogP contribution in [0.25, 0.3) is 22.2 Å². The van der Waals surface area contributed by atoms with E-state index in [0.29, 0.717) is 46.4 Å². The Morgan fingerprint density at radius 2 is 1.90 bits per heavy atom. The summed E-state index contributed by atoms with van der Waals surface area (Å²) in [6.07, 6.45) is 3.87. The molecule has 208 valence electrons. The number of aromatic nitrogens is 4. The van der Waals surface area contributed by atoms with E-state index in [1.807, 2.05) is 38.2 Å². The van der Waals surface area contributed by atoms with E-state index in [2.05, 4.69) is 43.0 Å². The highest BCUT2D eigenvalue weighted by molar-refractivity contribution is 7.17. The topological polar surface area (TPSA) is 144 Å². The highest BCUT2D eigenvalue weighted by Crippen LogP contribution is 2.27. The Kier molecular flexibility index (Phi) is 11.3. The molecular weight excluding hydrogens is 518 g/mol. The first-order valence-corrected chi connectivity index (χ1v) is 13.7. The molecule has 4 aromatic rings. The van der Waals surface area contributed by atoms with E-state index in [0.717, 1.165) is 40.6 Å². The number of amides is 1. The Labute approximate surface area is 231 Å². The van der Waals surface area contributed by atoms with Crippen molar-refractivity contribution >= 4 is 44.9 Å². The molecule has 12 heteroatoms. The number of esters is 1. The van der Waals surface area contributed by atoms with Gasteiger partial charge >= 0.3 is 5.97 Å². The Balaban J connectivity index is 0.000000771. The molecule has 0 aliphatic rings. The number of nitrogens with zero attached hydrogens (tertiary/aromatic N) is 4. The second kappa shape index (κ2) is 14.9. The van der Waals surface area contributed by atoms with Gasteiger partial charge in [0.15, 0.2) is 5.13 Å². The van der Waals surface area contributed by atoms with Gasteiger partial charge in [0.2, 0.25) is 17.6 Å². The lowest BCUT2D eigenvalue weighted by molar-refractivity contribution is -0.115. The molecule has 4 rings (SSSR count). The van der Waals surface area contributed by atoms with Gasteiger partial charge in [-0.3, -0.25) is 4.79 Å². The van der Waals surface area contributed by atoms with Crippen LogP contribution in [0.3, 0.4) is 0 Å². The molecule has 11 nitrogen and oxygen atoms in total. The number of nitrogens with one attached hydrogen (secondary N) is 3. The van der Waals surface area contributed by atoms with E-state index in [-0.39, 0.29) is 12.3 Å². The van der Waals surface area contributed by atoms with E-state index in [1.54, 1.807) is 20.0 Å². The van der Waals surface area contributed by atoms with Gasteiger partial charge in [-0.25, -0.2) is 14.8 Å². The van der Waals surface area contributed by atoms with Gasteiger partial charge in [0, 0.05) is 37.0 Å². The molecule has 1 aromatic carbocycles. The van der Waals surface area contributed by atoms with Crippen LogP contribution in [-0.4, -0.2) is 58.7 Å². The molecule has 0 saturated heterocycles. The molecule has 0 radical (unpaired) electrons. The SMILES string of the molecule is CCCNC.CCCOC(=O)c1sc(NC(=O)CCNc2nccc3ccc(-c4noc(C)n4)cc23)nc1C. The first-order chi connectivity index (χ1) is 18.9. The Morgan fingerprint density at radius 1 is 1.08 bits per heavy atom. The van der Waals surface area contributed by atoms with Crippen LogP contribution in [0.1, 0.15) is 54.4 Å². The number of hydrogen-bond acceptors (Lipinski definition) is 11. The van der Waals surface area contributed by atoms with Crippen LogP contribution in [0.4, 0.5) is 10.9 Å². The molecule has 3 aromatic heterocycles. The van der Waals surface area contributed by atoms with E-state index in [1.165, 1.54) is 6.42 Å². The van der Waals surface area contributed by atoms with Crippen molar-refractivity contribution in [3.8, 4) is 11.4 Å². The summed E-state index contributed by atoms with van der Waals surface area (Å²) in [4.78, 5) is 37.8. The zero-order valence-electron chi connectivity index (χ0n) is 23.0. The number of aryl methyl sites for hydroxylation is 2. The minimum absolute atomic E-state index is 0.191. The zero-order valence-corrected chi connectivity index (χ0v) is 23.8. The fourth-order valence-corrected chi connectivity index (χ4v) is 4.37. The number of carbonyl (C=O) groups excluding carboxylic acids is 2. The summed E-state index contributed by atoms with van der Waals surface area (Å²) in [5, 5.41) is 15.2. The van der Waals surface area contributed by atoms with Gasteiger partial charge in [0.25, 0.3) is 0 Å². The molecule has 0 unspecified atom stereocenters. The van der Waals surface area contributed by atoms with Crippen molar-refractivity contribution in [1.82, 2.24) is 25.4 Å². The molecule has 0 aliphatic heterocycles. The molecule has 3 heterocycles. The lowest BCUT2D eigenvalue weighted by Gasteiger charge is -2.09. The fraction of sp³-hybridized carbons (Fsp3) is 0.407. The van der Waals surface area contributed by atoms with Gasteiger partial charge in [-0.1, -0.05) is 42.5 Å². The summed E-state index contributed by atoms with van der Waals surface area (Å²) in [5.74, 6) is 1.00.